The number of halogens is 1. The number of nitrogens with one attached hydrogen (secondary N) is 1. The van der Waals surface area contributed by atoms with Gasteiger partial charge in [0.2, 0.25) is 5.91 Å². The Bertz CT molecular complexity index is 1030. The fourth-order valence-electron chi connectivity index (χ4n) is 3.39. The number of benzene rings is 2. The van der Waals surface area contributed by atoms with Crippen molar-refractivity contribution in [2.24, 2.45) is 5.73 Å². The van der Waals surface area contributed by atoms with Crippen LogP contribution in [0.25, 0.3) is 0 Å². The molecule has 33 heavy (non-hydrogen) atoms. The third kappa shape index (κ3) is 6.40. The largest absolute Gasteiger partial charge is 0.480 e. The number of nitrogens with zero attached hydrogens (tertiary/aromatic N) is 1. The molecule has 10 heteroatoms. The van der Waals surface area contributed by atoms with Crippen molar-refractivity contribution in [2.45, 2.75) is 38.0 Å². The highest BCUT2D eigenvalue weighted by Gasteiger charge is 2.42. The number of carboxylic acids is 1. The summed E-state index contributed by atoms with van der Waals surface area (Å²) < 4.78 is 5.90. The average molecular weight is 492 g/mol. The molecule has 176 valence electrons. The molecule has 0 bridgehead atoms. The van der Waals surface area contributed by atoms with Crippen LogP contribution in [0.15, 0.2) is 48.5 Å². The molecule has 1 heterocycles. The van der Waals surface area contributed by atoms with Crippen molar-refractivity contribution >= 4 is 46.8 Å². The van der Waals surface area contributed by atoms with Gasteiger partial charge in [-0.3, -0.25) is 14.4 Å². The number of ether oxygens (including phenoxy) is 1. The Balaban J connectivity index is 1.68. The molecule has 1 aliphatic rings. The SMILES string of the molecule is CC(C)(Oc1ccc(Cl)cc1)C(=O)N1CSC[C@H]1C(=O)Nc1cccc(C[C@H](N)C(=O)O)c1. The van der Waals surface area contributed by atoms with Gasteiger partial charge in [0.05, 0.1) is 5.88 Å². The number of carboxylic acid groups (broad SMARTS) is 1. The van der Waals surface area contributed by atoms with Gasteiger partial charge in [0.1, 0.15) is 17.8 Å². The fourth-order valence-corrected chi connectivity index (χ4v) is 4.67. The Morgan fingerprint density at radius 3 is 2.64 bits per heavy atom. The van der Waals surface area contributed by atoms with Crippen molar-refractivity contribution in [3.05, 3.63) is 59.1 Å². The minimum absolute atomic E-state index is 0.138. The van der Waals surface area contributed by atoms with Gasteiger partial charge in [0.25, 0.3) is 5.91 Å². The molecule has 1 saturated heterocycles. The van der Waals surface area contributed by atoms with Crippen LogP contribution in [-0.2, 0) is 20.8 Å². The second kappa shape index (κ2) is 10.5. The second-order valence-electron chi connectivity index (χ2n) is 8.20. The number of aliphatic carboxylic acids is 1. The third-order valence-electron chi connectivity index (χ3n) is 5.11. The normalized spacial score (nSPS) is 16.8. The number of amides is 2. The highest BCUT2D eigenvalue weighted by molar-refractivity contribution is 7.99. The van der Waals surface area contributed by atoms with E-state index in [1.807, 2.05) is 0 Å². The molecule has 4 N–H and O–H groups in total. The lowest BCUT2D eigenvalue weighted by Gasteiger charge is -2.32. The Morgan fingerprint density at radius 2 is 1.97 bits per heavy atom. The monoisotopic (exact) mass is 491 g/mol. The maximum atomic E-state index is 13.3. The van der Waals surface area contributed by atoms with E-state index in [0.29, 0.717) is 33.7 Å². The molecular weight excluding hydrogens is 466 g/mol. The first-order valence-electron chi connectivity index (χ1n) is 10.3. The van der Waals surface area contributed by atoms with Crippen LogP contribution in [0.2, 0.25) is 5.02 Å². The maximum Gasteiger partial charge on any atom is 0.320 e. The molecular formula is C23H26ClN3O5S. The zero-order chi connectivity index (χ0) is 24.2. The van der Waals surface area contributed by atoms with E-state index in [4.69, 9.17) is 27.2 Å². The van der Waals surface area contributed by atoms with Gasteiger partial charge < -0.3 is 25.8 Å². The number of carbonyl (C=O) groups is 3. The summed E-state index contributed by atoms with van der Waals surface area (Å²) in [4.78, 5) is 38.8. The maximum absolute atomic E-state index is 13.3. The van der Waals surface area contributed by atoms with Crippen molar-refractivity contribution in [1.82, 2.24) is 4.90 Å². The highest BCUT2D eigenvalue weighted by Crippen LogP contribution is 2.28. The summed E-state index contributed by atoms with van der Waals surface area (Å²) in [6, 6.07) is 11.9. The molecule has 1 fully saturated rings. The van der Waals surface area contributed by atoms with E-state index in [2.05, 4.69) is 5.32 Å². The van der Waals surface area contributed by atoms with E-state index in [1.54, 1.807) is 62.4 Å². The van der Waals surface area contributed by atoms with Gasteiger partial charge >= 0.3 is 5.97 Å². The van der Waals surface area contributed by atoms with Gasteiger partial charge in [-0.2, -0.15) is 0 Å². The molecule has 0 saturated carbocycles. The summed E-state index contributed by atoms with van der Waals surface area (Å²) in [7, 11) is 0. The van der Waals surface area contributed by atoms with Crippen molar-refractivity contribution in [2.75, 3.05) is 16.9 Å². The molecule has 2 aromatic carbocycles. The predicted octanol–water partition coefficient (Wildman–Crippen LogP) is 2.99. The lowest BCUT2D eigenvalue weighted by atomic mass is 10.1. The topological polar surface area (TPSA) is 122 Å². The summed E-state index contributed by atoms with van der Waals surface area (Å²) in [6.07, 6.45) is 0.138. The van der Waals surface area contributed by atoms with Crippen molar-refractivity contribution in [1.29, 1.82) is 0 Å². The van der Waals surface area contributed by atoms with Gasteiger partial charge in [-0.15, -0.1) is 11.8 Å². The van der Waals surface area contributed by atoms with E-state index >= 15 is 0 Å². The summed E-state index contributed by atoms with van der Waals surface area (Å²) >= 11 is 7.39. The second-order valence-corrected chi connectivity index (χ2v) is 9.63. The van der Waals surface area contributed by atoms with Gasteiger partial charge in [0, 0.05) is 16.5 Å². The Morgan fingerprint density at radius 1 is 1.27 bits per heavy atom. The van der Waals surface area contributed by atoms with Crippen LogP contribution in [0.5, 0.6) is 5.75 Å². The number of thioether (sulfide) groups is 1. The van der Waals surface area contributed by atoms with E-state index in [9.17, 15) is 14.4 Å². The predicted molar refractivity (Wildman–Crippen MR) is 129 cm³/mol. The number of anilines is 1. The third-order valence-corrected chi connectivity index (χ3v) is 6.38. The molecule has 0 unspecified atom stereocenters. The first-order valence-corrected chi connectivity index (χ1v) is 11.8. The van der Waals surface area contributed by atoms with E-state index in [0.717, 1.165) is 0 Å². The van der Waals surface area contributed by atoms with Crippen LogP contribution in [0, 0.1) is 0 Å². The van der Waals surface area contributed by atoms with Crippen LogP contribution in [0.3, 0.4) is 0 Å². The number of hydrogen-bond donors (Lipinski definition) is 3. The Labute approximate surface area is 201 Å². The summed E-state index contributed by atoms with van der Waals surface area (Å²) in [5, 5.41) is 12.4. The molecule has 2 amide bonds. The molecule has 0 aliphatic carbocycles. The fraction of sp³-hybridized carbons (Fsp3) is 0.348. The molecule has 0 spiro atoms. The minimum Gasteiger partial charge on any atom is -0.480 e. The Kier molecular flexibility index (Phi) is 7.88. The van der Waals surface area contributed by atoms with Gasteiger partial charge in [0.15, 0.2) is 5.60 Å². The molecule has 2 aromatic rings. The first-order chi connectivity index (χ1) is 15.6. The van der Waals surface area contributed by atoms with E-state index in [-0.39, 0.29) is 18.2 Å². The van der Waals surface area contributed by atoms with Crippen LogP contribution >= 0.6 is 23.4 Å². The quantitative estimate of drug-likeness (QED) is 0.518. The minimum atomic E-state index is -1.19. The molecule has 3 rings (SSSR count). The standard InChI is InChI=1S/C23H26ClN3O5S/c1-23(2,32-17-8-6-15(24)7-9-17)22(31)27-13-33-12-19(27)20(28)26-16-5-3-4-14(10-16)11-18(25)21(29)30/h3-10,18-19H,11-13,25H2,1-2H3,(H,26,28)(H,29,30)/t18-,19-/m0/s1. The number of nitrogens with two attached hydrogens (primary N) is 1. The number of rotatable bonds is 8. The smallest absolute Gasteiger partial charge is 0.320 e. The molecule has 0 aromatic heterocycles. The first kappa shape index (κ1) is 24.9. The molecule has 2 atom stereocenters. The average Bonchev–Trinajstić information content (AvgIpc) is 3.24. The van der Waals surface area contributed by atoms with Gasteiger partial charge in [-0.25, -0.2) is 0 Å². The van der Waals surface area contributed by atoms with Crippen LogP contribution in [-0.4, -0.2) is 57.1 Å². The summed E-state index contributed by atoms with van der Waals surface area (Å²) in [6.45, 7) is 3.33. The van der Waals surface area contributed by atoms with Crippen LogP contribution in [0.4, 0.5) is 5.69 Å². The molecule has 8 nitrogen and oxygen atoms in total. The molecule has 0 radical (unpaired) electrons. The lowest BCUT2D eigenvalue weighted by molar-refractivity contribution is -0.148. The summed E-state index contributed by atoms with van der Waals surface area (Å²) in [5.74, 6) is -0.387. The zero-order valence-corrected chi connectivity index (χ0v) is 19.9. The lowest BCUT2D eigenvalue weighted by Crippen LogP contribution is -2.53. The summed E-state index contributed by atoms with van der Waals surface area (Å²) in [5.41, 5.74) is 5.61. The van der Waals surface area contributed by atoms with Crippen LogP contribution < -0.4 is 15.8 Å². The van der Waals surface area contributed by atoms with Crippen molar-refractivity contribution in [3.8, 4) is 5.75 Å². The number of carbonyl (C=O) groups excluding carboxylic acids is 2. The molecule has 1 aliphatic heterocycles. The Hall–Kier alpha value is -2.75. The van der Waals surface area contributed by atoms with Gasteiger partial charge in [-0.05, 0) is 62.2 Å². The van der Waals surface area contributed by atoms with E-state index in [1.165, 1.54) is 16.7 Å². The van der Waals surface area contributed by atoms with Crippen molar-refractivity contribution in [3.63, 3.8) is 0 Å². The van der Waals surface area contributed by atoms with Crippen molar-refractivity contribution < 1.29 is 24.2 Å². The van der Waals surface area contributed by atoms with E-state index < -0.39 is 23.7 Å². The highest BCUT2D eigenvalue weighted by atomic mass is 35.5. The van der Waals surface area contributed by atoms with Crippen LogP contribution in [0.1, 0.15) is 19.4 Å². The zero-order valence-electron chi connectivity index (χ0n) is 18.3. The number of hydrogen-bond acceptors (Lipinski definition) is 6. The van der Waals surface area contributed by atoms with Gasteiger partial charge in [-0.1, -0.05) is 23.7 Å².